The zero-order chi connectivity index (χ0) is 13.3. The normalized spacial score (nSPS) is 29.6. The van der Waals surface area contributed by atoms with Crippen molar-refractivity contribution in [1.82, 2.24) is 0 Å². The molecule has 0 heterocycles. The lowest BCUT2D eigenvalue weighted by Crippen LogP contribution is -2.63. The summed E-state index contributed by atoms with van der Waals surface area (Å²) in [6.45, 7) is 0. The van der Waals surface area contributed by atoms with E-state index in [1.54, 1.807) is 6.07 Å². The molecule has 2 saturated carbocycles. The first-order chi connectivity index (χ1) is 9.21. The fraction of sp³-hybridized carbons (Fsp3) is 0.625. The van der Waals surface area contributed by atoms with E-state index in [0.29, 0.717) is 5.75 Å². The van der Waals surface area contributed by atoms with Gasteiger partial charge in [0.15, 0.2) is 0 Å². The van der Waals surface area contributed by atoms with Gasteiger partial charge in [-0.2, -0.15) is 0 Å². The van der Waals surface area contributed by atoms with E-state index in [1.165, 1.54) is 37.8 Å². The van der Waals surface area contributed by atoms with Crippen molar-refractivity contribution in [2.75, 3.05) is 0 Å². The lowest BCUT2D eigenvalue weighted by Gasteiger charge is -2.54. The largest absolute Gasteiger partial charge is 0.490 e. The Labute approximate surface area is 114 Å². The molecule has 3 rings (SSSR count). The number of halogens is 1. The Kier molecular flexibility index (Phi) is 3.48. The van der Waals surface area contributed by atoms with Crippen LogP contribution in [0, 0.1) is 11.2 Å². The van der Waals surface area contributed by atoms with Gasteiger partial charge >= 0.3 is 0 Å². The van der Waals surface area contributed by atoms with Crippen molar-refractivity contribution in [3.05, 3.63) is 30.1 Å². The minimum absolute atomic E-state index is 0.142. The molecule has 1 aromatic rings. The van der Waals surface area contributed by atoms with Crippen molar-refractivity contribution in [2.45, 2.75) is 57.1 Å². The van der Waals surface area contributed by atoms with Crippen LogP contribution >= 0.6 is 0 Å². The Balaban J connectivity index is 1.74. The molecule has 3 heteroatoms. The van der Waals surface area contributed by atoms with E-state index >= 15 is 0 Å². The number of rotatable bonds is 2. The molecular weight excluding hydrogens is 241 g/mol. The van der Waals surface area contributed by atoms with Crippen molar-refractivity contribution in [3.63, 3.8) is 0 Å². The van der Waals surface area contributed by atoms with Gasteiger partial charge < -0.3 is 10.5 Å². The highest BCUT2D eigenvalue weighted by atomic mass is 19.1. The quantitative estimate of drug-likeness (QED) is 0.884. The third-order valence-corrected chi connectivity index (χ3v) is 4.96. The predicted molar refractivity (Wildman–Crippen MR) is 73.5 cm³/mol. The van der Waals surface area contributed by atoms with Gasteiger partial charge in [-0.05, 0) is 25.0 Å². The lowest BCUT2D eigenvalue weighted by molar-refractivity contribution is -0.0771. The summed E-state index contributed by atoms with van der Waals surface area (Å²) in [6.07, 6.45) is 8.50. The molecule has 2 nitrogen and oxygen atoms in total. The average Bonchev–Trinajstić information content (AvgIpc) is 2.66. The zero-order valence-electron chi connectivity index (χ0n) is 11.3. The van der Waals surface area contributed by atoms with E-state index in [4.69, 9.17) is 10.5 Å². The Hall–Kier alpha value is -1.09. The third kappa shape index (κ3) is 2.36. The molecule has 104 valence electrons. The van der Waals surface area contributed by atoms with Crippen molar-refractivity contribution in [2.24, 2.45) is 11.1 Å². The maximum atomic E-state index is 13.2. The first-order valence-corrected chi connectivity index (χ1v) is 7.38. The van der Waals surface area contributed by atoms with Gasteiger partial charge in [0.25, 0.3) is 0 Å². The molecule has 2 atom stereocenters. The maximum absolute atomic E-state index is 13.2. The van der Waals surface area contributed by atoms with E-state index < -0.39 is 0 Å². The molecule has 0 radical (unpaired) electrons. The van der Waals surface area contributed by atoms with Crippen LogP contribution in [0.2, 0.25) is 0 Å². The van der Waals surface area contributed by atoms with Crippen LogP contribution < -0.4 is 10.5 Å². The third-order valence-electron chi connectivity index (χ3n) is 4.96. The van der Waals surface area contributed by atoms with Crippen molar-refractivity contribution in [1.29, 1.82) is 0 Å². The Morgan fingerprint density at radius 1 is 1.16 bits per heavy atom. The molecule has 2 aliphatic carbocycles. The highest BCUT2D eigenvalue weighted by Crippen LogP contribution is 2.51. The Morgan fingerprint density at radius 3 is 2.53 bits per heavy atom. The molecule has 0 bridgehead atoms. The van der Waals surface area contributed by atoms with Gasteiger partial charge in [-0.25, -0.2) is 4.39 Å². The van der Waals surface area contributed by atoms with Crippen LogP contribution in [0.1, 0.15) is 44.9 Å². The highest BCUT2D eigenvalue weighted by molar-refractivity contribution is 5.24. The summed E-state index contributed by atoms with van der Waals surface area (Å²) >= 11 is 0. The second-order valence-corrected chi connectivity index (χ2v) is 6.05. The fourth-order valence-corrected chi connectivity index (χ4v) is 3.73. The van der Waals surface area contributed by atoms with Gasteiger partial charge in [0.05, 0.1) is 0 Å². The number of ether oxygens (including phenoxy) is 1. The highest BCUT2D eigenvalue weighted by Gasteiger charge is 2.54. The first kappa shape index (κ1) is 12.9. The average molecular weight is 263 g/mol. The number of hydrogen-bond donors (Lipinski definition) is 1. The minimum Gasteiger partial charge on any atom is -0.490 e. The molecule has 19 heavy (non-hydrogen) atoms. The number of nitrogens with two attached hydrogens (primary N) is 1. The molecule has 0 aliphatic heterocycles. The van der Waals surface area contributed by atoms with E-state index in [1.807, 2.05) is 6.07 Å². The smallest absolute Gasteiger partial charge is 0.126 e. The topological polar surface area (TPSA) is 35.2 Å². The monoisotopic (exact) mass is 263 g/mol. The molecule has 2 unspecified atom stereocenters. The summed E-state index contributed by atoms with van der Waals surface area (Å²) < 4.78 is 19.2. The number of hydrogen-bond acceptors (Lipinski definition) is 2. The molecule has 1 aromatic carbocycles. The van der Waals surface area contributed by atoms with Crippen LogP contribution in [0.4, 0.5) is 4.39 Å². The van der Waals surface area contributed by atoms with Crippen LogP contribution in [0.5, 0.6) is 5.75 Å². The molecular formula is C16H22FNO. The van der Waals surface area contributed by atoms with Gasteiger partial charge in [0.1, 0.15) is 17.7 Å². The molecule has 0 amide bonds. The summed E-state index contributed by atoms with van der Waals surface area (Å²) in [7, 11) is 0. The molecule has 2 fully saturated rings. The van der Waals surface area contributed by atoms with Gasteiger partial charge in [0, 0.05) is 23.9 Å². The second-order valence-electron chi connectivity index (χ2n) is 6.05. The number of benzene rings is 1. The van der Waals surface area contributed by atoms with E-state index in [-0.39, 0.29) is 23.4 Å². The van der Waals surface area contributed by atoms with Gasteiger partial charge in [-0.1, -0.05) is 31.7 Å². The first-order valence-electron chi connectivity index (χ1n) is 7.38. The fourth-order valence-electron chi connectivity index (χ4n) is 3.73. The van der Waals surface area contributed by atoms with Crippen LogP contribution in [0.25, 0.3) is 0 Å². The standard InChI is InChI=1S/C16H22FNO/c17-12-6-5-7-13(10-12)19-15-11-14(18)16(15)8-3-1-2-4-9-16/h5-7,10,14-15H,1-4,8-9,11,18H2. The lowest BCUT2D eigenvalue weighted by atomic mass is 9.58. The minimum atomic E-state index is -0.240. The zero-order valence-corrected chi connectivity index (χ0v) is 11.3. The SMILES string of the molecule is NC1CC(Oc2cccc(F)c2)C12CCCCCC2. The summed E-state index contributed by atoms with van der Waals surface area (Å²) in [6, 6.07) is 6.69. The van der Waals surface area contributed by atoms with Crippen molar-refractivity contribution < 1.29 is 9.13 Å². The second kappa shape index (κ2) is 5.12. The summed E-state index contributed by atoms with van der Waals surface area (Å²) in [5.41, 5.74) is 6.42. The van der Waals surface area contributed by atoms with Crippen LogP contribution in [0.3, 0.4) is 0 Å². The molecule has 0 aromatic heterocycles. The molecule has 2 N–H and O–H groups in total. The molecule has 0 saturated heterocycles. The summed E-state index contributed by atoms with van der Waals surface area (Å²) in [5.74, 6) is 0.400. The Morgan fingerprint density at radius 2 is 1.89 bits per heavy atom. The molecule has 1 spiro atoms. The van der Waals surface area contributed by atoms with E-state index in [2.05, 4.69) is 0 Å². The van der Waals surface area contributed by atoms with Gasteiger partial charge in [-0.15, -0.1) is 0 Å². The van der Waals surface area contributed by atoms with Crippen LogP contribution in [0.15, 0.2) is 24.3 Å². The predicted octanol–water partition coefficient (Wildman–Crippen LogP) is 3.64. The summed E-state index contributed by atoms with van der Waals surface area (Å²) in [5, 5.41) is 0. The van der Waals surface area contributed by atoms with Crippen LogP contribution in [-0.4, -0.2) is 12.1 Å². The van der Waals surface area contributed by atoms with Gasteiger partial charge in [0.2, 0.25) is 0 Å². The van der Waals surface area contributed by atoms with Gasteiger partial charge in [-0.3, -0.25) is 0 Å². The Bertz CT molecular complexity index is 440. The van der Waals surface area contributed by atoms with E-state index in [9.17, 15) is 4.39 Å². The maximum Gasteiger partial charge on any atom is 0.126 e. The van der Waals surface area contributed by atoms with Crippen LogP contribution in [-0.2, 0) is 0 Å². The van der Waals surface area contributed by atoms with Crippen molar-refractivity contribution >= 4 is 0 Å². The van der Waals surface area contributed by atoms with E-state index in [0.717, 1.165) is 19.3 Å². The van der Waals surface area contributed by atoms with Crippen molar-refractivity contribution in [3.8, 4) is 5.75 Å². The molecule has 2 aliphatic rings. The summed E-state index contributed by atoms with van der Waals surface area (Å²) in [4.78, 5) is 0.